The van der Waals surface area contributed by atoms with E-state index in [9.17, 15) is 8.42 Å². The molecule has 0 fully saturated rings. The third-order valence-electron chi connectivity index (χ3n) is 3.07. The van der Waals surface area contributed by atoms with E-state index in [1.807, 2.05) is 36.2 Å². The summed E-state index contributed by atoms with van der Waals surface area (Å²) in [5.41, 5.74) is 8.55. The predicted octanol–water partition coefficient (Wildman–Crippen LogP) is 1.55. The summed E-state index contributed by atoms with van der Waals surface area (Å²) >= 11 is 0. The van der Waals surface area contributed by atoms with Gasteiger partial charge in [0.2, 0.25) is 10.0 Å². The topological polar surface area (TPSA) is 89.4 Å². The van der Waals surface area contributed by atoms with Crippen molar-refractivity contribution >= 4 is 21.4 Å². The van der Waals surface area contributed by atoms with Gasteiger partial charge in [0.05, 0.1) is 4.90 Å². The average Bonchev–Trinajstić information content (AvgIpc) is 2.40. The molecular formula is C14H17N3O2S. The van der Waals surface area contributed by atoms with Gasteiger partial charge in [-0.2, -0.15) is 0 Å². The molecule has 0 bridgehead atoms. The number of hydrogen-bond donors (Lipinski definition) is 2. The first kappa shape index (κ1) is 14.4. The Kier molecular flexibility index (Phi) is 3.96. The second-order valence-corrected chi connectivity index (χ2v) is 6.16. The molecule has 0 heterocycles. The zero-order valence-corrected chi connectivity index (χ0v) is 12.0. The number of nitrogens with zero attached hydrogens (tertiary/aromatic N) is 1. The fourth-order valence-corrected chi connectivity index (χ4v) is 2.43. The summed E-state index contributed by atoms with van der Waals surface area (Å²) in [5, 5.41) is 5.07. The molecule has 0 saturated heterocycles. The van der Waals surface area contributed by atoms with Crippen LogP contribution in [-0.2, 0) is 16.6 Å². The van der Waals surface area contributed by atoms with Gasteiger partial charge < -0.3 is 10.6 Å². The number of benzene rings is 2. The number of nitrogens with two attached hydrogens (primary N) is 2. The molecule has 20 heavy (non-hydrogen) atoms. The van der Waals surface area contributed by atoms with Crippen LogP contribution in [0.4, 0.5) is 11.4 Å². The van der Waals surface area contributed by atoms with Crippen LogP contribution in [0.3, 0.4) is 0 Å². The van der Waals surface area contributed by atoms with Crippen LogP contribution in [0.2, 0.25) is 0 Å². The van der Waals surface area contributed by atoms with Gasteiger partial charge in [-0.25, -0.2) is 13.6 Å². The number of anilines is 2. The summed E-state index contributed by atoms with van der Waals surface area (Å²) < 4.78 is 22.4. The lowest BCUT2D eigenvalue weighted by atomic mass is 10.1. The van der Waals surface area contributed by atoms with E-state index in [0.29, 0.717) is 6.54 Å². The second kappa shape index (κ2) is 5.52. The average molecular weight is 291 g/mol. The zero-order chi connectivity index (χ0) is 14.8. The molecule has 0 aliphatic rings. The molecular weight excluding hydrogens is 274 g/mol. The number of nitrogen functional groups attached to an aromatic ring is 1. The van der Waals surface area contributed by atoms with Gasteiger partial charge in [-0.05, 0) is 35.9 Å². The van der Waals surface area contributed by atoms with Crippen LogP contribution in [0.1, 0.15) is 5.56 Å². The normalized spacial score (nSPS) is 11.3. The summed E-state index contributed by atoms with van der Waals surface area (Å²) in [6, 6.07) is 14.1. The minimum Gasteiger partial charge on any atom is -0.398 e. The van der Waals surface area contributed by atoms with Crippen molar-refractivity contribution in [3.05, 3.63) is 54.1 Å². The van der Waals surface area contributed by atoms with Crippen LogP contribution >= 0.6 is 0 Å². The lowest BCUT2D eigenvalue weighted by molar-refractivity contribution is 0.598. The monoisotopic (exact) mass is 291 g/mol. The lowest BCUT2D eigenvalue weighted by Gasteiger charge is -2.20. The van der Waals surface area contributed by atoms with E-state index in [-0.39, 0.29) is 4.90 Å². The van der Waals surface area contributed by atoms with E-state index in [1.54, 1.807) is 12.1 Å². The Morgan fingerprint density at radius 1 is 1.05 bits per heavy atom. The van der Waals surface area contributed by atoms with Gasteiger partial charge in [0.25, 0.3) is 0 Å². The molecule has 0 amide bonds. The van der Waals surface area contributed by atoms with E-state index in [2.05, 4.69) is 0 Å². The summed E-state index contributed by atoms with van der Waals surface area (Å²) in [6.07, 6.45) is 0. The van der Waals surface area contributed by atoms with Crippen LogP contribution in [-0.4, -0.2) is 15.5 Å². The number of hydrogen-bond acceptors (Lipinski definition) is 4. The van der Waals surface area contributed by atoms with E-state index in [1.165, 1.54) is 12.1 Å². The molecule has 0 aliphatic heterocycles. The number of rotatable bonds is 4. The highest BCUT2D eigenvalue weighted by Crippen LogP contribution is 2.20. The molecule has 0 aliphatic carbocycles. The lowest BCUT2D eigenvalue weighted by Crippen LogP contribution is -2.18. The summed E-state index contributed by atoms with van der Waals surface area (Å²) in [7, 11) is -1.73. The van der Waals surface area contributed by atoms with E-state index >= 15 is 0 Å². The molecule has 0 unspecified atom stereocenters. The maximum absolute atomic E-state index is 11.2. The summed E-state index contributed by atoms with van der Waals surface area (Å²) in [4.78, 5) is 2.09. The second-order valence-electron chi connectivity index (χ2n) is 4.59. The van der Waals surface area contributed by atoms with E-state index in [4.69, 9.17) is 10.9 Å². The quantitative estimate of drug-likeness (QED) is 0.836. The summed E-state index contributed by atoms with van der Waals surface area (Å²) in [5.74, 6) is 0. The molecule has 0 radical (unpaired) electrons. The van der Waals surface area contributed by atoms with Crippen molar-refractivity contribution in [2.45, 2.75) is 11.4 Å². The molecule has 0 atom stereocenters. The van der Waals surface area contributed by atoms with Gasteiger partial charge in [0.1, 0.15) is 0 Å². The highest BCUT2D eigenvalue weighted by atomic mass is 32.2. The van der Waals surface area contributed by atoms with Crippen LogP contribution in [0.25, 0.3) is 0 Å². The Bertz CT molecular complexity index is 697. The van der Waals surface area contributed by atoms with Gasteiger partial charge >= 0.3 is 0 Å². The minimum absolute atomic E-state index is 0.105. The SMILES string of the molecule is CN(Cc1ccccc1N)c1ccc(S(N)(=O)=O)cc1. The van der Waals surface area contributed by atoms with Crippen molar-refractivity contribution in [2.75, 3.05) is 17.7 Å². The molecule has 2 rings (SSSR count). The number of primary sulfonamides is 1. The first-order valence-electron chi connectivity index (χ1n) is 6.05. The smallest absolute Gasteiger partial charge is 0.238 e. The van der Waals surface area contributed by atoms with Crippen LogP contribution < -0.4 is 15.8 Å². The van der Waals surface area contributed by atoms with Crippen molar-refractivity contribution in [2.24, 2.45) is 5.14 Å². The first-order chi connectivity index (χ1) is 9.38. The standard InChI is InChI=1S/C14H17N3O2S/c1-17(10-11-4-2-3-5-14(11)15)12-6-8-13(9-7-12)20(16,18)19/h2-9H,10,15H2,1H3,(H2,16,18,19). The van der Waals surface area contributed by atoms with E-state index in [0.717, 1.165) is 16.9 Å². The molecule has 2 aromatic rings. The Balaban J connectivity index is 2.18. The third-order valence-corrected chi connectivity index (χ3v) is 4.00. The largest absolute Gasteiger partial charge is 0.398 e. The fraction of sp³-hybridized carbons (Fsp3) is 0.143. The number of para-hydroxylation sites is 1. The van der Waals surface area contributed by atoms with Crippen molar-refractivity contribution in [3.8, 4) is 0 Å². The molecule has 2 aromatic carbocycles. The fourth-order valence-electron chi connectivity index (χ4n) is 1.92. The highest BCUT2D eigenvalue weighted by Gasteiger charge is 2.09. The van der Waals surface area contributed by atoms with Gasteiger partial charge in [-0.15, -0.1) is 0 Å². The van der Waals surface area contributed by atoms with E-state index < -0.39 is 10.0 Å². The molecule has 0 spiro atoms. The molecule has 4 N–H and O–H groups in total. The van der Waals surface area contributed by atoms with Crippen LogP contribution in [0.15, 0.2) is 53.4 Å². The maximum atomic E-state index is 11.2. The summed E-state index contributed by atoms with van der Waals surface area (Å²) in [6.45, 7) is 0.640. The molecule has 6 heteroatoms. The van der Waals surface area contributed by atoms with Crippen molar-refractivity contribution in [3.63, 3.8) is 0 Å². The Labute approximate surface area is 118 Å². The predicted molar refractivity (Wildman–Crippen MR) is 80.8 cm³/mol. The van der Waals surface area contributed by atoms with Gasteiger partial charge in [0.15, 0.2) is 0 Å². The Morgan fingerprint density at radius 2 is 1.65 bits per heavy atom. The van der Waals surface area contributed by atoms with Gasteiger partial charge in [-0.3, -0.25) is 0 Å². The van der Waals surface area contributed by atoms with Crippen LogP contribution in [0.5, 0.6) is 0 Å². The van der Waals surface area contributed by atoms with Crippen molar-refractivity contribution in [1.29, 1.82) is 0 Å². The first-order valence-corrected chi connectivity index (χ1v) is 7.60. The third kappa shape index (κ3) is 3.28. The highest BCUT2D eigenvalue weighted by molar-refractivity contribution is 7.89. The molecule has 106 valence electrons. The molecule has 5 nitrogen and oxygen atoms in total. The number of sulfonamides is 1. The zero-order valence-electron chi connectivity index (χ0n) is 11.2. The van der Waals surface area contributed by atoms with Gasteiger partial charge in [-0.1, -0.05) is 18.2 Å². The maximum Gasteiger partial charge on any atom is 0.238 e. The van der Waals surface area contributed by atoms with Crippen molar-refractivity contribution < 1.29 is 8.42 Å². The van der Waals surface area contributed by atoms with Crippen molar-refractivity contribution in [1.82, 2.24) is 0 Å². The minimum atomic E-state index is -3.65. The Hall–Kier alpha value is -2.05. The van der Waals surface area contributed by atoms with Gasteiger partial charge in [0, 0.05) is 25.0 Å². The Morgan fingerprint density at radius 3 is 2.20 bits per heavy atom. The molecule has 0 saturated carbocycles. The molecule has 0 aromatic heterocycles. The van der Waals surface area contributed by atoms with Crippen LogP contribution in [0, 0.1) is 0 Å².